The molecule has 4 nitrogen and oxygen atoms in total. The van der Waals surface area contributed by atoms with Crippen LogP contribution in [0.5, 0.6) is 0 Å². The van der Waals surface area contributed by atoms with Crippen LogP contribution in [0.3, 0.4) is 0 Å². The third-order valence-electron chi connectivity index (χ3n) is 4.61. The van der Waals surface area contributed by atoms with Crippen molar-refractivity contribution in [3.8, 4) is 0 Å². The maximum atomic E-state index is 12.3. The number of ether oxygens (including phenoxy) is 1. The fraction of sp³-hybridized carbons (Fsp3) is 0.688. The molecule has 1 aromatic rings. The van der Waals surface area contributed by atoms with Crippen molar-refractivity contribution in [3.05, 3.63) is 22.4 Å². The van der Waals surface area contributed by atoms with Gasteiger partial charge in [0.1, 0.15) is 0 Å². The molecule has 0 radical (unpaired) electrons. The highest BCUT2D eigenvalue weighted by Gasteiger charge is 2.26. The molecule has 21 heavy (non-hydrogen) atoms. The summed E-state index contributed by atoms with van der Waals surface area (Å²) < 4.78 is 5.45. The van der Waals surface area contributed by atoms with Gasteiger partial charge in [-0.2, -0.15) is 11.3 Å². The molecule has 0 bridgehead atoms. The van der Waals surface area contributed by atoms with Gasteiger partial charge in [-0.05, 0) is 35.2 Å². The molecule has 0 unspecified atom stereocenters. The molecule has 0 aromatic carbocycles. The quantitative estimate of drug-likeness (QED) is 0.908. The predicted octanol–water partition coefficient (Wildman–Crippen LogP) is 2.43. The zero-order valence-electron chi connectivity index (χ0n) is 12.4. The van der Waals surface area contributed by atoms with Gasteiger partial charge in [-0.15, -0.1) is 0 Å². The van der Waals surface area contributed by atoms with E-state index in [2.05, 4.69) is 27.0 Å². The van der Waals surface area contributed by atoms with E-state index in [1.807, 2.05) is 0 Å². The molecule has 1 N–H and O–H groups in total. The van der Waals surface area contributed by atoms with Gasteiger partial charge in [0.15, 0.2) is 0 Å². The van der Waals surface area contributed by atoms with E-state index in [4.69, 9.17) is 4.74 Å². The smallest absolute Gasteiger partial charge is 0.223 e. The first kappa shape index (κ1) is 15.0. The summed E-state index contributed by atoms with van der Waals surface area (Å²) in [4.78, 5) is 14.7. The summed E-state index contributed by atoms with van der Waals surface area (Å²) in [5.74, 6) is 0.499. The number of amides is 1. The maximum absolute atomic E-state index is 12.3. The van der Waals surface area contributed by atoms with Gasteiger partial charge in [-0.25, -0.2) is 0 Å². The van der Waals surface area contributed by atoms with E-state index in [9.17, 15) is 4.79 Å². The second-order valence-corrected chi connectivity index (χ2v) is 6.73. The fourth-order valence-corrected chi connectivity index (χ4v) is 4.05. The highest BCUT2D eigenvalue weighted by atomic mass is 32.1. The van der Waals surface area contributed by atoms with Crippen LogP contribution in [-0.2, 0) is 9.53 Å². The SMILES string of the molecule is O=C(NC[C@@H](c1ccsc1)N1CCOCC1)C1CCCC1. The Morgan fingerprint density at radius 2 is 2.14 bits per heavy atom. The summed E-state index contributed by atoms with van der Waals surface area (Å²) in [6.45, 7) is 4.18. The third kappa shape index (κ3) is 3.84. The average Bonchev–Trinajstić information content (AvgIpc) is 3.22. The lowest BCUT2D eigenvalue weighted by atomic mass is 10.1. The molecule has 1 atom stereocenters. The van der Waals surface area contributed by atoms with Crippen LogP contribution in [0.15, 0.2) is 16.8 Å². The summed E-state index contributed by atoms with van der Waals surface area (Å²) in [5, 5.41) is 7.50. The van der Waals surface area contributed by atoms with E-state index in [-0.39, 0.29) is 17.9 Å². The Morgan fingerprint density at radius 3 is 2.81 bits per heavy atom. The lowest BCUT2D eigenvalue weighted by Gasteiger charge is -2.34. The summed E-state index contributed by atoms with van der Waals surface area (Å²) in [6.07, 6.45) is 4.53. The Morgan fingerprint density at radius 1 is 1.38 bits per heavy atom. The molecule has 1 aliphatic heterocycles. The highest BCUT2D eigenvalue weighted by molar-refractivity contribution is 7.07. The van der Waals surface area contributed by atoms with Gasteiger partial charge in [0.2, 0.25) is 5.91 Å². The second-order valence-electron chi connectivity index (χ2n) is 5.95. The molecule has 0 spiro atoms. The van der Waals surface area contributed by atoms with Crippen LogP contribution in [0.4, 0.5) is 0 Å². The first-order valence-electron chi connectivity index (χ1n) is 7.96. The number of hydrogen-bond acceptors (Lipinski definition) is 4. The Balaban J connectivity index is 1.60. The number of thiophene rings is 1. The van der Waals surface area contributed by atoms with Crippen LogP contribution in [0, 0.1) is 5.92 Å². The van der Waals surface area contributed by atoms with E-state index in [1.165, 1.54) is 18.4 Å². The molecule has 2 heterocycles. The molecule has 116 valence electrons. The number of hydrogen-bond donors (Lipinski definition) is 1. The van der Waals surface area contributed by atoms with Crippen molar-refractivity contribution in [1.29, 1.82) is 0 Å². The predicted molar refractivity (Wildman–Crippen MR) is 84.4 cm³/mol. The van der Waals surface area contributed by atoms with Crippen molar-refractivity contribution in [2.75, 3.05) is 32.8 Å². The first-order chi connectivity index (χ1) is 10.3. The van der Waals surface area contributed by atoms with Gasteiger partial charge in [-0.1, -0.05) is 12.8 Å². The van der Waals surface area contributed by atoms with Gasteiger partial charge < -0.3 is 10.1 Å². The van der Waals surface area contributed by atoms with E-state index >= 15 is 0 Å². The lowest BCUT2D eigenvalue weighted by Crippen LogP contribution is -2.44. The van der Waals surface area contributed by atoms with Crippen LogP contribution in [0.25, 0.3) is 0 Å². The summed E-state index contributed by atoms with van der Waals surface area (Å²) in [7, 11) is 0. The van der Waals surface area contributed by atoms with Gasteiger partial charge >= 0.3 is 0 Å². The number of nitrogens with zero attached hydrogens (tertiary/aromatic N) is 1. The molecular weight excluding hydrogens is 284 g/mol. The molecule has 3 rings (SSSR count). The monoisotopic (exact) mass is 308 g/mol. The van der Waals surface area contributed by atoms with Crippen LogP contribution in [0.2, 0.25) is 0 Å². The molecule has 1 aliphatic carbocycles. The minimum absolute atomic E-state index is 0.248. The van der Waals surface area contributed by atoms with E-state index in [0.29, 0.717) is 6.54 Å². The zero-order chi connectivity index (χ0) is 14.5. The molecule has 2 aliphatic rings. The van der Waals surface area contributed by atoms with Gasteiger partial charge in [0, 0.05) is 25.6 Å². The van der Waals surface area contributed by atoms with Crippen molar-refractivity contribution >= 4 is 17.2 Å². The van der Waals surface area contributed by atoms with Crippen LogP contribution >= 0.6 is 11.3 Å². The number of carbonyl (C=O) groups excluding carboxylic acids is 1. The number of rotatable bonds is 5. The second kappa shape index (κ2) is 7.38. The summed E-state index contributed by atoms with van der Waals surface area (Å²) >= 11 is 1.72. The van der Waals surface area contributed by atoms with Crippen molar-refractivity contribution in [2.45, 2.75) is 31.7 Å². The summed E-state index contributed by atoms with van der Waals surface area (Å²) in [5.41, 5.74) is 1.31. The Hall–Kier alpha value is -0.910. The normalized spacial score (nSPS) is 22.3. The minimum Gasteiger partial charge on any atom is -0.379 e. The van der Waals surface area contributed by atoms with Gasteiger partial charge in [0.05, 0.1) is 19.3 Å². The van der Waals surface area contributed by atoms with E-state index in [0.717, 1.165) is 39.1 Å². The standard InChI is InChI=1S/C16H24N2O2S/c19-16(13-3-1-2-4-13)17-11-15(14-5-10-21-12-14)18-6-8-20-9-7-18/h5,10,12-13,15H,1-4,6-9,11H2,(H,17,19)/t15-/m0/s1. The number of carbonyl (C=O) groups is 1. The maximum Gasteiger partial charge on any atom is 0.223 e. The molecule has 1 saturated carbocycles. The fourth-order valence-electron chi connectivity index (χ4n) is 3.34. The van der Waals surface area contributed by atoms with Crippen LogP contribution in [0.1, 0.15) is 37.3 Å². The topological polar surface area (TPSA) is 41.6 Å². The highest BCUT2D eigenvalue weighted by Crippen LogP contribution is 2.26. The van der Waals surface area contributed by atoms with E-state index < -0.39 is 0 Å². The molecule has 2 fully saturated rings. The lowest BCUT2D eigenvalue weighted by molar-refractivity contribution is -0.125. The number of morpholine rings is 1. The van der Waals surface area contributed by atoms with Crippen LogP contribution in [-0.4, -0.2) is 43.7 Å². The number of nitrogens with one attached hydrogen (secondary N) is 1. The molecule has 5 heteroatoms. The van der Waals surface area contributed by atoms with Crippen molar-refractivity contribution in [1.82, 2.24) is 10.2 Å². The Kier molecular flexibility index (Phi) is 5.27. The van der Waals surface area contributed by atoms with Gasteiger partial charge in [0.25, 0.3) is 0 Å². The van der Waals surface area contributed by atoms with Crippen molar-refractivity contribution < 1.29 is 9.53 Å². The third-order valence-corrected chi connectivity index (χ3v) is 5.31. The minimum atomic E-state index is 0.248. The molecule has 1 aromatic heterocycles. The largest absolute Gasteiger partial charge is 0.379 e. The van der Waals surface area contributed by atoms with E-state index in [1.54, 1.807) is 11.3 Å². The molecule has 1 amide bonds. The molecule has 1 saturated heterocycles. The van der Waals surface area contributed by atoms with Crippen molar-refractivity contribution in [3.63, 3.8) is 0 Å². The Bertz CT molecular complexity index is 437. The van der Waals surface area contributed by atoms with Crippen LogP contribution < -0.4 is 5.32 Å². The van der Waals surface area contributed by atoms with Gasteiger partial charge in [-0.3, -0.25) is 9.69 Å². The zero-order valence-corrected chi connectivity index (χ0v) is 13.2. The summed E-state index contributed by atoms with van der Waals surface area (Å²) in [6, 6.07) is 2.46. The average molecular weight is 308 g/mol. The Labute approximate surface area is 130 Å². The van der Waals surface area contributed by atoms with Crippen molar-refractivity contribution in [2.24, 2.45) is 5.92 Å². The first-order valence-corrected chi connectivity index (χ1v) is 8.90. The molecular formula is C16H24N2O2S.